The molecule has 146 valence electrons. The van der Waals surface area contributed by atoms with Gasteiger partial charge in [-0.1, -0.05) is 25.1 Å². The van der Waals surface area contributed by atoms with Gasteiger partial charge in [0.2, 0.25) is 11.8 Å². The maximum Gasteiger partial charge on any atom is 0.240 e. The van der Waals surface area contributed by atoms with Crippen molar-refractivity contribution < 1.29 is 19.1 Å². The highest BCUT2D eigenvalue weighted by atomic mass is 16.5. The first-order valence-corrected chi connectivity index (χ1v) is 8.97. The maximum absolute atomic E-state index is 12.4. The minimum atomic E-state index is -0.129. The fraction of sp³-hybridized carbons (Fsp3) is 0.286. The number of hydrogen-bond donors (Lipinski definition) is 2. The van der Waals surface area contributed by atoms with Gasteiger partial charge in [0.25, 0.3) is 0 Å². The summed E-state index contributed by atoms with van der Waals surface area (Å²) < 4.78 is 10.5. The molecule has 0 spiro atoms. The Balaban J connectivity index is 1.64. The van der Waals surface area contributed by atoms with E-state index < -0.39 is 0 Å². The molecule has 1 aliphatic rings. The van der Waals surface area contributed by atoms with E-state index in [1.807, 2.05) is 37.3 Å². The van der Waals surface area contributed by atoms with Crippen molar-refractivity contribution in [1.82, 2.24) is 5.43 Å². The van der Waals surface area contributed by atoms with Crippen molar-refractivity contribution in [2.75, 3.05) is 19.5 Å². The molecule has 1 unspecified atom stereocenters. The second-order valence-corrected chi connectivity index (χ2v) is 6.63. The summed E-state index contributed by atoms with van der Waals surface area (Å²) in [6.07, 6.45) is 0.639. The lowest BCUT2D eigenvalue weighted by atomic mass is 9.94. The smallest absolute Gasteiger partial charge is 0.240 e. The third-order valence-electron chi connectivity index (χ3n) is 4.54. The largest absolute Gasteiger partial charge is 0.493 e. The zero-order valence-electron chi connectivity index (χ0n) is 16.1. The molecule has 1 heterocycles. The van der Waals surface area contributed by atoms with Gasteiger partial charge in [0.15, 0.2) is 11.5 Å². The molecular formula is C21H23N3O4. The van der Waals surface area contributed by atoms with Crippen LogP contribution < -0.4 is 20.2 Å². The van der Waals surface area contributed by atoms with Crippen molar-refractivity contribution in [2.45, 2.75) is 19.8 Å². The molecule has 3 rings (SSSR count). The number of amides is 2. The van der Waals surface area contributed by atoms with Crippen LogP contribution in [0.3, 0.4) is 0 Å². The Morgan fingerprint density at radius 3 is 2.50 bits per heavy atom. The predicted molar refractivity (Wildman–Crippen MR) is 107 cm³/mol. The number of rotatable bonds is 6. The Labute approximate surface area is 163 Å². The Bertz CT molecular complexity index is 906. The molecule has 0 fully saturated rings. The van der Waals surface area contributed by atoms with Gasteiger partial charge in [-0.2, -0.15) is 5.10 Å². The lowest BCUT2D eigenvalue weighted by molar-refractivity contribution is -0.122. The molecule has 7 nitrogen and oxygen atoms in total. The van der Waals surface area contributed by atoms with Crippen molar-refractivity contribution in [3.05, 3.63) is 53.6 Å². The van der Waals surface area contributed by atoms with Crippen LogP contribution in [0.1, 0.15) is 24.5 Å². The summed E-state index contributed by atoms with van der Waals surface area (Å²) in [7, 11) is 3.13. The van der Waals surface area contributed by atoms with E-state index in [1.54, 1.807) is 26.4 Å². The van der Waals surface area contributed by atoms with Gasteiger partial charge in [0, 0.05) is 18.0 Å². The number of ether oxygens (including phenoxy) is 2. The van der Waals surface area contributed by atoms with Gasteiger partial charge in [-0.3, -0.25) is 9.59 Å². The first kappa shape index (κ1) is 19.4. The van der Waals surface area contributed by atoms with E-state index in [-0.39, 0.29) is 24.2 Å². The Kier molecular flexibility index (Phi) is 5.93. The van der Waals surface area contributed by atoms with Crippen LogP contribution in [0.15, 0.2) is 47.6 Å². The van der Waals surface area contributed by atoms with E-state index in [0.29, 0.717) is 23.6 Å². The summed E-state index contributed by atoms with van der Waals surface area (Å²) in [5.41, 5.74) is 5.79. The first-order chi connectivity index (χ1) is 13.5. The summed E-state index contributed by atoms with van der Waals surface area (Å²) in [5.74, 6) is 1.06. The number of carbonyl (C=O) groups is 2. The van der Waals surface area contributed by atoms with Gasteiger partial charge in [0.1, 0.15) is 0 Å². The molecule has 1 aliphatic heterocycles. The third-order valence-corrected chi connectivity index (χ3v) is 4.54. The second kappa shape index (κ2) is 8.56. The van der Waals surface area contributed by atoms with Gasteiger partial charge >= 0.3 is 0 Å². The number of benzene rings is 2. The van der Waals surface area contributed by atoms with Crippen LogP contribution in [-0.4, -0.2) is 31.7 Å². The van der Waals surface area contributed by atoms with Gasteiger partial charge < -0.3 is 14.8 Å². The van der Waals surface area contributed by atoms with Crippen molar-refractivity contribution in [3.8, 4) is 11.5 Å². The summed E-state index contributed by atoms with van der Waals surface area (Å²) in [4.78, 5) is 23.7. The molecule has 1 atom stereocenters. The number of nitrogens with zero attached hydrogens (tertiary/aromatic N) is 1. The van der Waals surface area contributed by atoms with Crippen molar-refractivity contribution in [1.29, 1.82) is 0 Å². The minimum Gasteiger partial charge on any atom is -0.493 e. The summed E-state index contributed by atoms with van der Waals surface area (Å²) >= 11 is 0. The zero-order valence-corrected chi connectivity index (χ0v) is 16.1. The first-order valence-electron chi connectivity index (χ1n) is 8.97. The monoisotopic (exact) mass is 381 g/mol. The Hall–Kier alpha value is -3.35. The second-order valence-electron chi connectivity index (χ2n) is 6.63. The molecule has 0 radical (unpaired) electrons. The fourth-order valence-corrected chi connectivity index (χ4v) is 3.11. The summed E-state index contributed by atoms with van der Waals surface area (Å²) in [6.45, 7) is 1.97. The molecule has 2 aromatic rings. The van der Waals surface area contributed by atoms with E-state index in [2.05, 4.69) is 15.8 Å². The molecule has 0 bridgehead atoms. The fourth-order valence-electron chi connectivity index (χ4n) is 3.11. The van der Waals surface area contributed by atoms with Crippen LogP contribution in [0.4, 0.5) is 5.69 Å². The van der Waals surface area contributed by atoms with E-state index in [0.717, 1.165) is 16.8 Å². The van der Waals surface area contributed by atoms with Gasteiger partial charge in [-0.15, -0.1) is 0 Å². The molecule has 7 heteroatoms. The standard InChI is InChI=1S/C21H23N3O4/c1-13-10-20(26)23-24-21(13)15-5-7-16(8-6-15)22-19(25)12-14-4-9-17(27-2)18(11-14)28-3/h4-9,11,13H,10,12H2,1-3H3,(H,22,25)(H,23,26). The van der Waals surface area contributed by atoms with Crippen molar-refractivity contribution in [2.24, 2.45) is 11.0 Å². The van der Waals surface area contributed by atoms with E-state index in [4.69, 9.17) is 9.47 Å². The molecule has 0 aromatic heterocycles. The third kappa shape index (κ3) is 4.49. The van der Waals surface area contributed by atoms with Crippen LogP contribution in [0, 0.1) is 5.92 Å². The summed E-state index contributed by atoms with van der Waals surface area (Å²) in [6, 6.07) is 12.8. The highest BCUT2D eigenvalue weighted by molar-refractivity contribution is 6.06. The minimum absolute atomic E-state index is 0.0549. The van der Waals surface area contributed by atoms with Crippen molar-refractivity contribution >= 4 is 23.2 Å². The van der Waals surface area contributed by atoms with E-state index >= 15 is 0 Å². The molecule has 0 aliphatic carbocycles. The predicted octanol–water partition coefficient (Wildman–Crippen LogP) is 2.75. The van der Waals surface area contributed by atoms with Crippen LogP contribution >= 0.6 is 0 Å². The van der Waals surface area contributed by atoms with Gasteiger partial charge in [-0.25, -0.2) is 5.43 Å². The molecular weight excluding hydrogens is 358 g/mol. The number of anilines is 1. The number of hydrogen-bond acceptors (Lipinski definition) is 5. The average molecular weight is 381 g/mol. The van der Waals surface area contributed by atoms with Crippen LogP contribution in [0.2, 0.25) is 0 Å². The SMILES string of the molecule is COc1ccc(CC(=O)Nc2ccc(C3=NNC(=O)CC3C)cc2)cc1OC. The van der Waals surface area contributed by atoms with Gasteiger partial charge in [0.05, 0.1) is 26.4 Å². The average Bonchev–Trinajstić information content (AvgIpc) is 2.68. The lowest BCUT2D eigenvalue weighted by Gasteiger charge is -2.19. The van der Waals surface area contributed by atoms with Gasteiger partial charge in [-0.05, 0) is 35.4 Å². The molecule has 0 saturated heterocycles. The highest BCUT2D eigenvalue weighted by Gasteiger charge is 2.21. The molecule has 0 saturated carbocycles. The Morgan fingerprint density at radius 2 is 1.86 bits per heavy atom. The zero-order chi connectivity index (χ0) is 20.1. The number of hydrazone groups is 1. The number of carbonyl (C=O) groups excluding carboxylic acids is 2. The van der Waals surface area contributed by atoms with Crippen molar-refractivity contribution in [3.63, 3.8) is 0 Å². The maximum atomic E-state index is 12.4. The van der Waals surface area contributed by atoms with E-state index in [9.17, 15) is 9.59 Å². The van der Waals surface area contributed by atoms with E-state index in [1.165, 1.54) is 0 Å². The van der Waals surface area contributed by atoms with Crippen LogP contribution in [0.5, 0.6) is 11.5 Å². The lowest BCUT2D eigenvalue weighted by Crippen LogP contribution is -2.31. The molecule has 2 N–H and O–H groups in total. The van der Waals surface area contributed by atoms with Crippen LogP contribution in [-0.2, 0) is 16.0 Å². The summed E-state index contributed by atoms with van der Waals surface area (Å²) in [5, 5.41) is 7.03. The van der Waals surface area contributed by atoms with Crippen LogP contribution in [0.25, 0.3) is 0 Å². The molecule has 2 aromatic carbocycles. The topological polar surface area (TPSA) is 89.0 Å². The molecule has 28 heavy (non-hydrogen) atoms. The Morgan fingerprint density at radius 1 is 1.14 bits per heavy atom. The normalized spacial score (nSPS) is 16.0. The quantitative estimate of drug-likeness (QED) is 0.805. The number of nitrogens with one attached hydrogen (secondary N) is 2. The number of methoxy groups -OCH3 is 2. The highest BCUT2D eigenvalue weighted by Crippen LogP contribution is 2.27. The molecule has 2 amide bonds.